The van der Waals surface area contributed by atoms with Gasteiger partial charge in [0.2, 0.25) is 10.0 Å². The molecule has 1 saturated heterocycles. The summed E-state index contributed by atoms with van der Waals surface area (Å²) >= 11 is 0. The minimum atomic E-state index is -4.68. The van der Waals surface area contributed by atoms with Crippen molar-refractivity contribution in [1.29, 1.82) is 0 Å². The molecule has 1 atom stereocenters. The highest BCUT2D eigenvalue weighted by molar-refractivity contribution is 7.89. The highest BCUT2D eigenvalue weighted by Gasteiger charge is 2.40. The van der Waals surface area contributed by atoms with Gasteiger partial charge in [-0.1, -0.05) is 5.16 Å². The van der Waals surface area contributed by atoms with Crippen LogP contribution in [-0.2, 0) is 16.2 Å². The smallest absolute Gasteiger partial charge is 0.329 e. The summed E-state index contributed by atoms with van der Waals surface area (Å²) in [5.41, 5.74) is 0. The minimum absolute atomic E-state index is 0.0419. The van der Waals surface area contributed by atoms with E-state index in [1.54, 1.807) is 0 Å². The Balaban J connectivity index is 2.12. The molecule has 0 bridgehead atoms. The molecule has 1 aliphatic heterocycles. The fourth-order valence-electron chi connectivity index (χ4n) is 1.89. The molecule has 2 heterocycles. The zero-order valence-electron chi connectivity index (χ0n) is 10.0. The quantitative estimate of drug-likeness (QED) is 0.839. The maximum Gasteiger partial charge on any atom is 0.471 e. The number of hydrogen-bond acceptors (Lipinski definition) is 5. The molecular formula is C9H12F3N3O3S. The molecule has 0 aromatic carbocycles. The Bertz CT molecular complexity index is 555. The van der Waals surface area contributed by atoms with E-state index in [1.165, 1.54) is 11.2 Å². The first kappa shape index (κ1) is 14.3. The van der Waals surface area contributed by atoms with Crippen molar-refractivity contribution in [2.24, 2.45) is 0 Å². The number of hydrogen-bond donors (Lipinski definition) is 0. The molecule has 6 nitrogen and oxygen atoms in total. The van der Waals surface area contributed by atoms with Crippen LogP contribution in [0.5, 0.6) is 0 Å². The van der Waals surface area contributed by atoms with Gasteiger partial charge < -0.3 is 4.52 Å². The van der Waals surface area contributed by atoms with Gasteiger partial charge >= 0.3 is 12.1 Å². The first-order valence-electron chi connectivity index (χ1n) is 5.62. The number of rotatable bonds is 3. The van der Waals surface area contributed by atoms with Crippen LogP contribution in [0.15, 0.2) is 4.52 Å². The molecule has 0 N–H and O–H groups in total. The lowest BCUT2D eigenvalue weighted by atomic mass is 10.1. The van der Waals surface area contributed by atoms with Crippen molar-refractivity contribution < 1.29 is 26.1 Å². The monoisotopic (exact) mass is 299 g/mol. The highest BCUT2D eigenvalue weighted by atomic mass is 32.2. The number of halogens is 3. The normalized spacial score (nSPS) is 22.0. The summed E-state index contributed by atoms with van der Waals surface area (Å²) in [7, 11) is -3.34. The van der Waals surface area contributed by atoms with E-state index in [1.807, 2.05) is 0 Å². The molecule has 19 heavy (non-hydrogen) atoms. The van der Waals surface area contributed by atoms with Crippen molar-refractivity contribution >= 4 is 10.0 Å². The van der Waals surface area contributed by atoms with Crippen LogP contribution < -0.4 is 0 Å². The van der Waals surface area contributed by atoms with Gasteiger partial charge in [0.15, 0.2) is 5.82 Å². The fourth-order valence-corrected chi connectivity index (χ4v) is 3.05. The number of nitrogens with zero attached hydrogens (tertiary/aromatic N) is 3. The van der Waals surface area contributed by atoms with Crippen LogP contribution in [0.1, 0.15) is 31.0 Å². The minimum Gasteiger partial charge on any atom is -0.329 e. The van der Waals surface area contributed by atoms with Crippen LogP contribution in [0.4, 0.5) is 13.2 Å². The zero-order chi connectivity index (χ0) is 14.3. The van der Waals surface area contributed by atoms with E-state index in [4.69, 9.17) is 0 Å². The molecular weight excluding hydrogens is 287 g/mol. The molecule has 1 aliphatic rings. The predicted molar refractivity (Wildman–Crippen MR) is 57.7 cm³/mol. The molecule has 0 saturated carbocycles. The summed E-state index contributed by atoms with van der Waals surface area (Å²) in [6.07, 6.45) is -4.30. The molecule has 0 aliphatic carbocycles. The standard InChI is InChI=1S/C9H12F3N3O3S/c1-2-19(16,17)15-4-3-6(5-15)7-13-8(18-14-7)9(10,11)12/h6H,2-5H2,1H3/t6-/m0/s1. The second-order valence-corrected chi connectivity index (χ2v) is 6.46. The highest BCUT2D eigenvalue weighted by Crippen LogP contribution is 2.31. The molecule has 2 rings (SSSR count). The van der Waals surface area contributed by atoms with Crippen LogP contribution >= 0.6 is 0 Å². The summed E-state index contributed by atoms with van der Waals surface area (Å²) in [6, 6.07) is 0. The number of alkyl halides is 3. The van der Waals surface area contributed by atoms with Crippen molar-refractivity contribution in [1.82, 2.24) is 14.4 Å². The fraction of sp³-hybridized carbons (Fsp3) is 0.778. The third-order valence-corrected chi connectivity index (χ3v) is 4.81. The second kappa shape index (κ2) is 4.75. The van der Waals surface area contributed by atoms with Crippen molar-refractivity contribution in [3.05, 3.63) is 11.7 Å². The number of aromatic nitrogens is 2. The van der Waals surface area contributed by atoms with E-state index in [0.29, 0.717) is 6.42 Å². The first-order valence-corrected chi connectivity index (χ1v) is 7.23. The average Bonchev–Trinajstić information content (AvgIpc) is 2.96. The Morgan fingerprint density at radius 2 is 2.16 bits per heavy atom. The van der Waals surface area contributed by atoms with Crippen LogP contribution in [0.2, 0.25) is 0 Å². The maximum absolute atomic E-state index is 12.3. The maximum atomic E-state index is 12.3. The van der Waals surface area contributed by atoms with Gasteiger partial charge in [0, 0.05) is 19.0 Å². The van der Waals surface area contributed by atoms with Gasteiger partial charge in [-0.3, -0.25) is 0 Å². The lowest BCUT2D eigenvalue weighted by Gasteiger charge is -2.13. The van der Waals surface area contributed by atoms with E-state index >= 15 is 0 Å². The number of sulfonamides is 1. The molecule has 108 valence electrons. The summed E-state index contributed by atoms with van der Waals surface area (Å²) in [5, 5.41) is 3.28. The van der Waals surface area contributed by atoms with Crippen molar-refractivity contribution in [2.75, 3.05) is 18.8 Å². The van der Waals surface area contributed by atoms with Crippen LogP contribution in [0.25, 0.3) is 0 Å². The van der Waals surface area contributed by atoms with Crippen molar-refractivity contribution in [3.63, 3.8) is 0 Å². The van der Waals surface area contributed by atoms with E-state index < -0.39 is 28.0 Å². The molecule has 0 unspecified atom stereocenters. The summed E-state index contributed by atoms with van der Waals surface area (Å²) in [4.78, 5) is 3.28. The third kappa shape index (κ3) is 2.89. The van der Waals surface area contributed by atoms with Crippen LogP contribution in [0.3, 0.4) is 0 Å². The van der Waals surface area contributed by atoms with Gasteiger partial charge in [0.1, 0.15) is 0 Å². The third-order valence-electron chi connectivity index (χ3n) is 2.96. The average molecular weight is 299 g/mol. The lowest BCUT2D eigenvalue weighted by molar-refractivity contribution is -0.159. The van der Waals surface area contributed by atoms with Gasteiger partial charge in [-0.15, -0.1) is 0 Å². The van der Waals surface area contributed by atoms with Gasteiger partial charge in [0.25, 0.3) is 0 Å². The first-order chi connectivity index (χ1) is 8.74. The summed E-state index contributed by atoms with van der Waals surface area (Å²) in [5.74, 6) is -2.00. The van der Waals surface area contributed by atoms with Gasteiger partial charge in [-0.05, 0) is 13.3 Å². The molecule has 1 fully saturated rings. The van der Waals surface area contributed by atoms with Crippen molar-refractivity contribution in [2.45, 2.75) is 25.4 Å². The van der Waals surface area contributed by atoms with Crippen molar-refractivity contribution in [3.8, 4) is 0 Å². The topological polar surface area (TPSA) is 76.3 Å². The van der Waals surface area contributed by atoms with E-state index in [0.717, 1.165) is 0 Å². The SMILES string of the molecule is CCS(=O)(=O)N1CC[C@H](c2noc(C(F)(F)F)n2)C1. The van der Waals surface area contributed by atoms with Gasteiger partial charge in [-0.2, -0.15) is 18.2 Å². The Hall–Kier alpha value is -1.16. The molecule has 1 aromatic rings. The molecule has 0 radical (unpaired) electrons. The largest absolute Gasteiger partial charge is 0.471 e. The summed E-state index contributed by atoms with van der Waals surface area (Å²) < 4.78 is 65.5. The molecule has 0 amide bonds. The predicted octanol–water partition coefficient (Wildman–Crippen LogP) is 1.23. The van der Waals surface area contributed by atoms with E-state index in [2.05, 4.69) is 14.7 Å². The van der Waals surface area contributed by atoms with Gasteiger partial charge in [0.05, 0.1) is 5.75 Å². The van der Waals surface area contributed by atoms with Crippen LogP contribution in [-0.4, -0.2) is 41.7 Å². The van der Waals surface area contributed by atoms with E-state index in [9.17, 15) is 21.6 Å². The zero-order valence-corrected chi connectivity index (χ0v) is 10.8. The molecule has 10 heteroatoms. The Kier molecular flexibility index (Phi) is 3.56. The molecule has 0 spiro atoms. The van der Waals surface area contributed by atoms with Gasteiger partial charge in [-0.25, -0.2) is 12.7 Å². The summed E-state index contributed by atoms with van der Waals surface area (Å²) in [6.45, 7) is 1.86. The lowest BCUT2D eigenvalue weighted by Crippen LogP contribution is -2.30. The Labute approximate surface area is 107 Å². The Morgan fingerprint density at radius 3 is 2.68 bits per heavy atom. The van der Waals surface area contributed by atoms with Crippen LogP contribution in [0, 0.1) is 0 Å². The van der Waals surface area contributed by atoms with E-state index in [-0.39, 0.29) is 24.7 Å². The second-order valence-electron chi connectivity index (χ2n) is 4.20. The molecule has 1 aromatic heterocycles. The Morgan fingerprint density at radius 1 is 1.47 bits per heavy atom.